The average Bonchev–Trinajstić information content (AvgIpc) is 3.32. The lowest BCUT2D eigenvalue weighted by Crippen LogP contribution is -2.34. The standard InChI is InChI=1S/C22H23N5O2.C2H4O2/c1-15-20(25-18-14-24-27(12-13-28)22(18)23-2)19-6-4-5-11-26(19)21(15)16-7-9-17(29-3)10-8-16;1-2(3)4/h4-11,14,28H,12-13H2,1-3H3;1H3,(H,3,4). The zero-order valence-corrected chi connectivity index (χ0v) is 19.1. The zero-order chi connectivity index (χ0) is 24.0. The Morgan fingerprint density at radius 2 is 1.97 bits per heavy atom. The van der Waals surface area contributed by atoms with Crippen molar-refractivity contribution in [2.45, 2.75) is 20.4 Å². The van der Waals surface area contributed by atoms with Gasteiger partial charge in [-0.05, 0) is 44.2 Å². The van der Waals surface area contributed by atoms with Crippen LogP contribution in [-0.2, 0) is 11.3 Å². The van der Waals surface area contributed by atoms with Gasteiger partial charge in [0.05, 0.1) is 32.0 Å². The quantitative estimate of drug-likeness (QED) is 0.550. The van der Waals surface area contributed by atoms with Gasteiger partial charge in [0.25, 0.3) is 0 Å². The normalized spacial score (nSPS) is 13.4. The van der Waals surface area contributed by atoms with Crippen LogP contribution in [0.5, 0.6) is 5.75 Å². The molecular formula is C24H27N5O4. The summed E-state index contributed by atoms with van der Waals surface area (Å²) in [5.41, 5.74) is 5.93. The number of rotatable bonds is 6. The highest BCUT2D eigenvalue weighted by Crippen LogP contribution is 2.31. The molecule has 0 atom stereocenters. The number of aliphatic hydroxyl groups is 1. The van der Waals surface area contributed by atoms with Crippen LogP contribution in [0.25, 0.3) is 5.70 Å². The van der Waals surface area contributed by atoms with Crippen LogP contribution in [-0.4, -0.2) is 47.3 Å². The van der Waals surface area contributed by atoms with E-state index in [4.69, 9.17) is 19.6 Å². The SMILES string of the molecule is CC(=O)[O-].CNc1c(N=C2C(C)=C(c3ccc(OC)cc3)[n+]3ccccc32)cnn1CCO. The molecule has 0 unspecified atom stereocenters. The van der Waals surface area contributed by atoms with E-state index in [2.05, 4.69) is 46.3 Å². The molecule has 3 aromatic rings. The maximum atomic E-state index is 9.26. The first-order valence-electron chi connectivity index (χ1n) is 10.4. The van der Waals surface area contributed by atoms with Crippen molar-refractivity contribution in [3.05, 3.63) is 71.7 Å². The van der Waals surface area contributed by atoms with Crippen molar-refractivity contribution < 1.29 is 24.3 Å². The van der Waals surface area contributed by atoms with Crippen LogP contribution in [0.2, 0.25) is 0 Å². The number of fused-ring (bicyclic) bond motifs is 1. The lowest BCUT2D eigenvalue weighted by Gasteiger charge is -2.05. The average molecular weight is 450 g/mol. The molecule has 9 heteroatoms. The molecule has 4 rings (SSSR count). The Balaban J connectivity index is 0.000000709. The van der Waals surface area contributed by atoms with Gasteiger partial charge in [0.15, 0.2) is 6.20 Å². The monoisotopic (exact) mass is 449 g/mol. The number of hydrogen-bond donors (Lipinski definition) is 2. The number of pyridine rings is 1. The molecule has 0 saturated carbocycles. The summed E-state index contributed by atoms with van der Waals surface area (Å²) in [7, 11) is 3.50. The van der Waals surface area contributed by atoms with Gasteiger partial charge in [-0.25, -0.2) is 9.67 Å². The molecule has 0 aliphatic carbocycles. The lowest BCUT2D eigenvalue weighted by atomic mass is 10.1. The predicted molar refractivity (Wildman–Crippen MR) is 123 cm³/mol. The second-order valence-corrected chi connectivity index (χ2v) is 7.19. The molecule has 0 radical (unpaired) electrons. The van der Waals surface area contributed by atoms with Crippen molar-refractivity contribution in [3.63, 3.8) is 0 Å². The van der Waals surface area contributed by atoms with Crippen LogP contribution in [0.3, 0.4) is 0 Å². The Kier molecular flexibility index (Phi) is 7.57. The predicted octanol–water partition coefficient (Wildman–Crippen LogP) is 1.38. The number of methoxy groups -OCH3 is 1. The molecule has 1 aliphatic heterocycles. The molecule has 0 amide bonds. The second kappa shape index (κ2) is 10.6. The number of allylic oxidation sites excluding steroid dienone is 1. The lowest BCUT2D eigenvalue weighted by molar-refractivity contribution is -0.577. The number of ether oxygens (including phenoxy) is 1. The first-order chi connectivity index (χ1) is 15.9. The van der Waals surface area contributed by atoms with E-state index in [0.717, 1.165) is 52.4 Å². The van der Waals surface area contributed by atoms with Crippen molar-refractivity contribution in [1.82, 2.24) is 9.78 Å². The van der Waals surface area contributed by atoms with Crippen LogP contribution in [0.1, 0.15) is 25.1 Å². The molecular weight excluding hydrogens is 422 g/mol. The number of aliphatic hydroxyl groups excluding tert-OH is 1. The second-order valence-electron chi connectivity index (χ2n) is 7.19. The number of anilines is 1. The van der Waals surface area contributed by atoms with Crippen LogP contribution in [0.4, 0.5) is 11.5 Å². The largest absolute Gasteiger partial charge is 0.550 e. The number of aliphatic carboxylic acids is 1. The van der Waals surface area contributed by atoms with Gasteiger partial charge >= 0.3 is 0 Å². The zero-order valence-electron chi connectivity index (χ0n) is 19.1. The fourth-order valence-corrected chi connectivity index (χ4v) is 3.66. The molecule has 2 aromatic heterocycles. The van der Waals surface area contributed by atoms with Gasteiger partial charge in [-0.3, -0.25) is 0 Å². The van der Waals surface area contributed by atoms with Gasteiger partial charge in [0.1, 0.15) is 23.0 Å². The van der Waals surface area contributed by atoms with Gasteiger partial charge < -0.3 is 25.1 Å². The third-order valence-corrected chi connectivity index (χ3v) is 5.02. The number of nitrogens with one attached hydrogen (secondary N) is 1. The van der Waals surface area contributed by atoms with Crippen molar-refractivity contribution in [2.24, 2.45) is 4.99 Å². The number of carboxylic acids is 1. The molecule has 1 aliphatic rings. The summed E-state index contributed by atoms with van der Waals surface area (Å²) >= 11 is 0. The number of aromatic nitrogens is 3. The molecule has 33 heavy (non-hydrogen) atoms. The highest BCUT2D eigenvalue weighted by atomic mass is 16.5. The van der Waals surface area contributed by atoms with Gasteiger partial charge in [-0.15, -0.1) is 0 Å². The van der Waals surface area contributed by atoms with E-state index in [1.54, 1.807) is 18.0 Å². The highest BCUT2D eigenvalue weighted by Gasteiger charge is 2.34. The minimum absolute atomic E-state index is 0.0194. The fourth-order valence-electron chi connectivity index (χ4n) is 3.66. The molecule has 172 valence electrons. The van der Waals surface area contributed by atoms with Crippen molar-refractivity contribution in [1.29, 1.82) is 0 Å². The Labute approximate surface area is 192 Å². The molecule has 9 nitrogen and oxygen atoms in total. The molecule has 0 bridgehead atoms. The third kappa shape index (κ3) is 5.09. The van der Waals surface area contributed by atoms with Crippen LogP contribution < -0.4 is 19.7 Å². The summed E-state index contributed by atoms with van der Waals surface area (Å²) in [6.45, 7) is 3.49. The number of carbonyl (C=O) groups excluding carboxylic acids is 1. The van der Waals surface area contributed by atoms with Gasteiger partial charge in [-0.1, -0.05) is 0 Å². The molecule has 1 aromatic carbocycles. The summed E-state index contributed by atoms with van der Waals surface area (Å²) in [5.74, 6) is 0.520. The van der Waals surface area contributed by atoms with Crippen molar-refractivity contribution >= 4 is 28.9 Å². The van der Waals surface area contributed by atoms with Gasteiger partial charge in [0, 0.05) is 30.7 Å². The summed E-state index contributed by atoms with van der Waals surface area (Å²) in [5, 5.41) is 25.6. The Morgan fingerprint density at radius 1 is 1.27 bits per heavy atom. The van der Waals surface area contributed by atoms with Crippen LogP contribution in [0.15, 0.2) is 65.4 Å². The summed E-state index contributed by atoms with van der Waals surface area (Å²) < 4.78 is 9.17. The number of carbonyl (C=O) groups is 1. The number of aliphatic imine (C=N–C) groups is 1. The maximum absolute atomic E-state index is 9.26. The van der Waals surface area contributed by atoms with E-state index < -0.39 is 5.97 Å². The molecule has 3 heterocycles. The Bertz CT molecular complexity index is 1190. The van der Waals surface area contributed by atoms with E-state index in [1.807, 2.05) is 31.3 Å². The maximum Gasteiger partial charge on any atom is 0.237 e. The third-order valence-electron chi connectivity index (χ3n) is 5.02. The summed E-state index contributed by atoms with van der Waals surface area (Å²) in [4.78, 5) is 13.8. The van der Waals surface area contributed by atoms with E-state index in [0.29, 0.717) is 6.54 Å². The number of carboxylic acid groups (broad SMARTS) is 1. The van der Waals surface area contributed by atoms with E-state index in [9.17, 15) is 5.11 Å². The summed E-state index contributed by atoms with van der Waals surface area (Å²) in [6.07, 6.45) is 3.77. The van der Waals surface area contributed by atoms with Gasteiger partial charge in [-0.2, -0.15) is 9.67 Å². The fraction of sp³-hybridized carbons (Fsp3) is 0.250. The Morgan fingerprint density at radius 3 is 2.58 bits per heavy atom. The van der Waals surface area contributed by atoms with Crippen LogP contribution in [0, 0.1) is 0 Å². The first kappa shape index (κ1) is 23.7. The molecule has 0 spiro atoms. The number of hydrogen-bond acceptors (Lipinski definition) is 7. The summed E-state index contributed by atoms with van der Waals surface area (Å²) in [6, 6.07) is 14.1. The topological polar surface area (TPSA) is 116 Å². The molecule has 0 fully saturated rings. The molecule has 2 N–H and O–H groups in total. The number of benzene rings is 1. The van der Waals surface area contributed by atoms with E-state index in [-0.39, 0.29) is 6.61 Å². The van der Waals surface area contributed by atoms with Crippen molar-refractivity contribution in [2.75, 3.05) is 26.1 Å². The number of nitrogens with zero attached hydrogens (tertiary/aromatic N) is 4. The minimum Gasteiger partial charge on any atom is -0.550 e. The first-order valence-corrected chi connectivity index (χ1v) is 10.4. The van der Waals surface area contributed by atoms with E-state index >= 15 is 0 Å². The molecule has 0 saturated heterocycles. The highest BCUT2D eigenvalue weighted by molar-refractivity contribution is 6.17. The van der Waals surface area contributed by atoms with Crippen molar-refractivity contribution in [3.8, 4) is 5.75 Å². The smallest absolute Gasteiger partial charge is 0.237 e. The van der Waals surface area contributed by atoms with Gasteiger partial charge in [0.2, 0.25) is 11.4 Å². The Hall–Kier alpha value is -3.98. The minimum atomic E-state index is -1.08. The van der Waals surface area contributed by atoms with Crippen LogP contribution >= 0.6 is 0 Å². The van der Waals surface area contributed by atoms with E-state index in [1.165, 1.54) is 0 Å².